The lowest BCUT2D eigenvalue weighted by molar-refractivity contribution is 0.121. The number of hydrogen-bond acceptors (Lipinski definition) is 2. The van der Waals surface area contributed by atoms with Gasteiger partial charge in [-0.3, -0.25) is 0 Å². The smallest absolute Gasteiger partial charge is 0.407 e. The van der Waals surface area contributed by atoms with Crippen LogP contribution in [0.25, 0.3) is 0 Å². The van der Waals surface area contributed by atoms with Crippen LogP contribution >= 0.6 is 0 Å². The molecule has 0 saturated carbocycles. The average molecular weight is 266 g/mol. The summed E-state index contributed by atoms with van der Waals surface area (Å²) < 4.78 is 11.8. The van der Waals surface area contributed by atoms with Crippen molar-refractivity contribution in [2.45, 2.75) is 19.8 Å². The molecule has 1 fully saturated rings. The lowest BCUT2D eigenvalue weighted by Gasteiger charge is -2.27. The summed E-state index contributed by atoms with van der Waals surface area (Å²) in [5, 5.41) is 0. The van der Waals surface area contributed by atoms with E-state index in [9.17, 15) is 0 Å². The van der Waals surface area contributed by atoms with Gasteiger partial charge in [0.25, 0.3) is 0 Å². The fourth-order valence-corrected chi connectivity index (χ4v) is 2.45. The monoisotopic (exact) mass is 266 g/mol. The zero-order valence-corrected chi connectivity index (χ0v) is 12.0. The van der Waals surface area contributed by atoms with Gasteiger partial charge in [-0.15, -0.1) is 0 Å². The zero-order chi connectivity index (χ0) is 13.9. The maximum atomic E-state index is 5.88. The Hall–Kier alpha value is -1.58. The van der Waals surface area contributed by atoms with Crippen molar-refractivity contribution < 1.29 is 9.31 Å². The first kappa shape index (κ1) is 13.4. The molecule has 0 atom stereocenters. The van der Waals surface area contributed by atoms with E-state index in [4.69, 9.17) is 9.31 Å². The second-order valence-electron chi connectivity index (χ2n) is 5.52. The molecule has 1 aliphatic rings. The predicted molar refractivity (Wildman–Crippen MR) is 82.4 cm³/mol. The third-order valence-electron chi connectivity index (χ3n) is 3.80. The van der Waals surface area contributed by atoms with Crippen molar-refractivity contribution in [3.63, 3.8) is 0 Å². The molecule has 0 aliphatic carbocycles. The molecule has 1 heterocycles. The van der Waals surface area contributed by atoms with Crippen molar-refractivity contribution in [2.24, 2.45) is 0 Å². The first-order chi connectivity index (χ1) is 9.72. The summed E-state index contributed by atoms with van der Waals surface area (Å²) >= 11 is 0. The van der Waals surface area contributed by atoms with Crippen LogP contribution in [0.15, 0.2) is 48.5 Å². The lowest BCUT2D eigenvalue weighted by atomic mass is 9.77. The van der Waals surface area contributed by atoms with Crippen LogP contribution in [0.3, 0.4) is 0 Å². The molecule has 0 radical (unpaired) electrons. The molecule has 0 N–H and O–H groups in total. The van der Waals surface area contributed by atoms with Gasteiger partial charge in [-0.05, 0) is 24.9 Å². The van der Waals surface area contributed by atoms with Crippen molar-refractivity contribution in [3.05, 3.63) is 65.2 Å². The van der Waals surface area contributed by atoms with E-state index in [1.165, 1.54) is 16.7 Å². The number of hydrogen-bond donors (Lipinski definition) is 0. The Bertz CT molecular complexity index is 501. The Morgan fingerprint density at radius 1 is 0.800 bits per heavy atom. The summed E-state index contributed by atoms with van der Waals surface area (Å²) in [4.78, 5) is 0. The van der Waals surface area contributed by atoms with Gasteiger partial charge in [-0.25, -0.2) is 0 Å². The van der Waals surface area contributed by atoms with Crippen LogP contribution < -0.4 is 5.46 Å². The normalized spacial score (nSPS) is 16.4. The topological polar surface area (TPSA) is 18.5 Å². The Morgan fingerprint density at radius 2 is 1.30 bits per heavy atom. The van der Waals surface area contributed by atoms with E-state index in [0.29, 0.717) is 19.1 Å². The maximum absolute atomic E-state index is 5.88. The van der Waals surface area contributed by atoms with Crippen molar-refractivity contribution in [3.8, 4) is 0 Å². The molecule has 2 aromatic rings. The molecule has 2 nitrogen and oxygen atoms in total. The highest BCUT2D eigenvalue weighted by Crippen LogP contribution is 2.21. The Labute approximate surface area is 120 Å². The number of rotatable bonds is 2. The molecule has 20 heavy (non-hydrogen) atoms. The van der Waals surface area contributed by atoms with Gasteiger partial charge in [0.2, 0.25) is 0 Å². The van der Waals surface area contributed by atoms with E-state index in [-0.39, 0.29) is 7.12 Å². The molecule has 3 rings (SSSR count). The van der Waals surface area contributed by atoms with E-state index in [1.807, 2.05) is 0 Å². The molecule has 0 spiro atoms. The summed E-state index contributed by atoms with van der Waals surface area (Å²) in [6, 6.07) is 16.9. The second-order valence-corrected chi connectivity index (χ2v) is 5.52. The Kier molecular flexibility index (Phi) is 3.90. The molecule has 1 aliphatic heterocycles. The lowest BCUT2D eigenvalue weighted by Crippen LogP contribution is -2.43. The molecular formula is C17H19BO2. The van der Waals surface area contributed by atoms with E-state index in [1.54, 1.807) is 0 Å². The standard InChI is InChI=1S/C17H19BO2/c1-13-3-7-15(8-4-13)16-11-19-18(20-12-16)17-9-5-14(2)6-10-17/h3-10,16H,11-12H2,1-2H3. The quantitative estimate of drug-likeness (QED) is 0.778. The minimum atomic E-state index is -0.225. The highest BCUT2D eigenvalue weighted by molar-refractivity contribution is 6.61. The summed E-state index contributed by atoms with van der Waals surface area (Å²) in [5.74, 6) is 0.331. The number of aryl methyl sites for hydroxylation is 2. The van der Waals surface area contributed by atoms with Gasteiger partial charge in [0.05, 0.1) is 0 Å². The van der Waals surface area contributed by atoms with E-state index in [2.05, 4.69) is 62.4 Å². The van der Waals surface area contributed by atoms with Crippen molar-refractivity contribution in [1.29, 1.82) is 0 Å². The van der Waals surface area contributed by atoms with Gasteiger partial charge in [-0.2, -0.15) is 0 Å². The summed E-state index contributed by atoms with van der Waals surface area (Å²) in [5.41, 5.74) is 4.92. The minimum Gasteiger partial charge on any atom is -0.407 e. The average Bonchev–Trinajstić information content (AvgIpc) is 2.49. The highest BCUT2D eigenvalue weighted by atomic mass is 16.6. The van der Waals surface area contributed by atoms with E-state index in [0.717, 1.165) is 5.46 Å². The summed E-state index contributed by atoms with van der Waals surface area (Å²) in [6.45, 7) is 5.61. The van der Waals surface area contributed by atoms with Crippen LogP contribution in [0, 0.1) is 13.8 Å². The molecule has 0 amide bonds. The van der Waals surface area contributed by atoms with Crippen LogP contribution in [0.2, 0.25) is 0 Å². The molecule has 1 saturated heterocycles. The predicted octanol–water partition coefficient (Wildman–Crippen LogP) is 2.83. The zero-order valence-electron chi connectivity index (χ0n) is 12.0. The van der Waals surface area contributed by atoms with Crippen molar-refractivity contribution in [2.75, 3.05) is 13.2 Å². The molecule has 3 heteroatoms. The van der Waals surface area contributed by atoms with Crippen LogP contribution in [0.4, 0.5) is 0 Å². The highest BCUT2D eigenvalue weighted by Gasteiger charge is 2.29. The minimum absolute atomic E-state index is 0.225. The van der Waals surface area contributed by atoms with Gasteiger partial charge in [-0.1, -0.05) is 59.7 Å². The van der Waals surface area contributed by atoms with E-state index >= 15 is 0 Å². The molecule has 0 bridgehead atoms. The fourth-order valence-electron chi connectivity index (χ4n) is 2.45. The fraction of sp³-hybridized carbons (Fsp3) is 0.294. The SMILES string of the molecule is Cc1ccc(B2OCC(c3ccc(C)cc3)CO2)cc1. The van der Waals surface area contributed by atoms with Crippen LogP contribution in [0.5, 0.6) is 0 Å². The molecule has 2 aromatic carbocycles. The maximum Gasteiger partial charge on any atom is 0.493 e. The Morgan fingerprint density at radius 3 is 1.85 bits per heavy atom. The second kappa shape index (κ2) is 5.82. The molecule has 102 valence electrons. The van der Waals surface area contributed by atoms with Gasteiger partial charge < -0.3 is 9.31 Å². The Balaban J connectivity index is 1.64. The summed E-state index contributed by atoms with van der Waals surface area (Å²) in [7, 11) is -0.225. The van der Waals surface area contributed by atoms with Crippen LogP contribution in [0.1, 0.15) is 22.6 Å². The van der Waals surface area contributed by atoms with Crippen molar-refractivity contribution in [1.82, 2.24) is 0 Å². The van der Waals surface area contributed by atoms with Gasteiger partial charge in [0.1, 0.15) is 0 Å². The third kappa shape index (κ3) is 2.95. The molecule has 0 aromatic heterocycles. The third-order valence-corrected chi connectivity index (χ3v) is 3.80. The molecular weight excluding hydrogens is 247 g/mol. The molecule has 0 unspecified atom stereocenters. The van der Waals surface area contributed by atoms with Gasteiger partial charge in [0, 0.05) is 19.1 Å². The van der Waals surface area contributed by atoms with Gasteiger partial charge >= 0.3 is 7.12 Å². The van der Waals surface area contributed by atoms with Crippen LogP contribution in [-0.2, 0) is 9.31 Å². The van der Waals surface area contributed by atoms with Crippen molar-refractivity contribution >= 4 is 12.6 Å². The van der Waals surface area contributed by atoms with E-state index < -0.39 is 0 Å². The van der Waals surface area contributed by atoms with Gasteiger partial charge in [0.15, 0.2) is 0 Å². The first-order valence-corrected chi connectivity index (χ1v) is 7.09. The van der Waals surface area contributed by atoms with Crippen LogP contribution in [-0.4, -0.2) is 20.3 Å². The largest absolute Gasteiger partial charge is 0.493 e. The number of benzene rings is 2. The summed E-state index contributed by atoms with van der Waals surface area (Å²) in [6.07, 6.45) is 0. The first-order valence-electron chi connectivity index (χ1n) is 7.09.